The first-order chi connectivity index (χ1) is 15.5. The van der Waals surface area contributed by atoms with E-state index in [0.717, 1.165) is 16.9 Å². The monoisotopic (exact) mass is 452 g/mol. The Kier molecular flexibility index (Phi) is 7.99. The smallest absolute Gasteiger partial charge is 0.341 e. The first kappa shape index (κ1) is 23.0. The topological polar surface area (TPSA) is 93.7 Å². The van der Waals surface area contributed by atoms with Gasteiger partial charge in [0.25, 0.3) is 11.8 Å². The summed E-state index contributed by atoms with van der Waals surface area (Å²) >= 11 is 1.03. The molecule has 0 unspecified atom stereocenters. The minimum absolute atomic E-state index is 0.175. The van der Waals surface area contributed by atoms with Crippen LogP contribution in [0.25, 0.3) is 0 Å². The average molecular weight is 453 g/mol. The van der Waals surface area contributed by atoms with Crippen molar-refractivity contribution in [1.29, 1.82) is 0 Å². The first-order valence-corrected chi connectivity index (χ1v) is 10.9. The van der Waals surface area contributed by atoms with E-state index in [1.165, 1.54) is 0 Å². The van der Waals surface area contributed by atoms with Crippen LogP contribution in [-0.4, -0.2) is 31.0 Å². The predicted molar refractivity (Wildman–Crippen MR) is 123 cm³/mol. The molecule has 2 N–H and O–H groups in total. The van der Waals surface area contributed by atoms with Gasteiger partial charge in [-0.05, 0) is 37.1 Å². The Balaban J connectivity index is 1.75. The molecule has 0 saturated carbocycles. The van der Waals surface area contributed by atoms with E-state index in [0.29, 0.717) is 22.7 Å². The van der Waals surface area contributed by atoms with Crippen LogP contribution < -0.4 is 15.4 Å². The molecule has 1 heterocycles. The van der Waals surface area contributed by atoms with Gasteiger partial charge in [-0.15, -0.1) is 11.3 Å². The summed E-state index contributed by atoms with van der Waals surface area (Å²) in [4.78, 5) is 38.1. The van der Waals surface area contributed by atoms with Crippen LogP contribution in [0, 0.1) is 6.92 Å². The van der Waals surface area contributed by atoms with E-state index in [-0.39, 0.29) is 29.7 Å². The van der Waals surface area contributed by atoms with Crippen LogP contribution in [0.2, 0.25) is 0 Å². The van der Waals surface area contributed by atoms with Crippen LogP contribution in [0.15, 0.2) is 60.7 Å². The van der Waals surface area contributed by atoms with Gasteiger partial charge < -0.3 is 20.1 Å². The maximum atomic E-state index is 12.8. The molecule has 0 bridgehead atoms. The Morgan fingerprint density at radius 3 is 2.28 bits per heavy atom. The van der Waals surface area contributed by atoms with Crippen LogP contribution in [0.4, 0.5) is 5.00 Å². The van der Waals surface area contributed by atoms with Crippen molar-refractivity contribution in [1.82, 2.24) is 5.32 Å². The molecule has 0 saturated heterocycles. The lowest BCUT2D eigenvalue weighted by Crippen LogP contribution is -2.22. The van der Waals surface area contributed by atoms with Crippen molar-refractivity contribution in [2.75, 3.05) is 18.5 Å². The molecule has 32 heavy (non-hydrogen) atoms. The minimum atomic E-state index is -0.595. The fourth-order valence-corrected chi connectivity index (χ4v) is 4.08. The number of esters is 1. The summed E-state index contributed by atoms with van der Waals surface area (Å²) in [7, 11) is 0. The number of carbonyl (C=O) groups excluding carboxylic acids is 3. The van der Waals surface area contributed by atoms with Gasteiger partial charge >= 0.3 is 5.97 Å². The number of para-hydroxylation sites is 1. The van der Waals surface area contributed by atoms with Crippen LogP contribution in [0.5, 0.6) is 5.75 Å². The number of anilines is 1. The Morgan fingerprint density at radius 1 is 0.969 bits per heavy atom. The number of ether oxygens (including phenoxy) is 2. The molecule has 0 atom stereocenters. The highest BCUT2D eigenvalue weighted by atomic mass is 32.1. The summed E-state index contributed by atoms with van der Waals surface area (Å²) in [5, 5.41) is 5.79. The molecule has 7 nitrogen and oxygen atoms in total. The zero-order chi connectivity index (χ0) is 22.9. The molecule has 0 aliphatic carbocycles. The number of nitrogens with one attached hydrogen (secondary N) is 2. The highest BCUT2D eigenvalue weighted by Crippen LogP contribution is 2.34. The molecule has 1 aromatic heterocycles. The van der Waals surface area contributed by atoms with Crippen molar-refractivity contribution in [3.8, 4) is 5.75 Å². The number of rotatable bonds is 9. The third-order valence-corrected chi connectivity index (χ3v) is 5.70. The number of thiophene rings is 1. The van der Waals surface area contributed by atoms with Gasteiger partial charge in [-0.2, -0.15) is 0 Å². The number of benzene rings is 2. The first-order valence-electron chi connectivity index (χ1n) is 10.1. The van der Waals surface area contributed by atoms with E-state index in [9.17, 15) is 14.4 Å². The zero-order valence-electron chi connectivity index (χ0n) is 17.8. The zero-order valence-corrected chi connectivity index (χ0v) is 18.7. The normalized spacial score (nSPS) is 10.3. The Morgan fingerprint density at radius 2 is 1.62 bits per heavy atom. The second-order valence-corrected chi connectivity index (χ2v) is 7.82. The van der Waals surface area contributed by atoms with Gasteiger partial charge in [-0.25, -0.2) is 4.79 Å². The largest absolute Gasteiger partial charge is 0.484 e. The maximum Gasteiger partial charge on any atom is 0.341 e. The minimum Gasteiger partial charge on any atom is -0.484 e. The standard InChI is InChI=1S/C24H24N2O5S/c1-3-30-24(29)20-16(2)21(22(28)25-14-17-10-6-4-7-11-17)32-23(20)26-19(27)15-31-18-12-8-5-9-13-18/h4-13H,3,14-15H2,1-2H3,(H,25,28)(H,26,27). The second-order valence-electron chi connectivity index (χ2n) is 6.80. The summed E-state index contributed by atoms with van der Waals surface area (Å²) in [6.07, 6.45) is 0. The van der Waals surface area contributed by atoms with Crippen LogP contribution in [0.1, 0.15) is 38.1 Å². The molecule has 0 spiro atoms. The lowest BCUT2D eigenvalue weighted by molar-refractivity contribution is -0.118. The van der Waals surface area contributed by atoms with E-state index in [1.807, 2.05) is 36.4 Å². The lowest BCUT2D eigenvalue weighted by atomic mass is 10.1. The highest BCUT2D eigenvalue weighted by Gasteiger charge is 2.26. The van der Waals surface area contributed by atoms with Crippen molar-refractivity contribution in [2.24, 2.45) is 0 Å². The fraction of sp³-hybridized carbons (Fsp3) is 0.208. The maximum absolute atomic E-state index is 12.8. The predicted octanol–water partition coefficient (Wildman–Crippen LogP) is 4.18. The van der Waals surface area contributed by atoms with E-state index in [2.05, 4.69) is 10.6 Å². The number of hydrogen-bond acceptors (Lipinski definition) is 6. The van der Waals surface area contributed by atoms with Crippen molar-refractivity contribution in [3.05, 3.63) is 82.2 Å². The van der Waals surface area contributed by atoms with Crippen molar-refractivity contribution >= 4 is 34.1 Å². The van der Waals surface area contributed by atoms with E-state index in [4.69, 9.17) is 9.47 Å². The van der Waals surface area contributed by atoms with Gasteiger partial charge in [0.05, 0.1) is 17.0 Å². The highest BCUT2D eigenvalue weighted by molar-refractivity contribution is 7.18. The molecular formula is C24H24N2O5S. The molecule has 3 aromatic rings. The molecule has 166 valence electrons. The van der Waals surface area contributed by atoms with Crippen LogP contribution in [-0.2, 0) is 16.1 Å². The fourth-order valence-electron chi connectivity index (χ4n) is 2.95. The third kappa shape index (κ3) is 5.95. The molecule has 0 aliphatic rings. The molecule has 0 radical (unpaired) electrons. The van der Waals surface area contributed by atoms with E-state index >= 15 is 0 Å². The van der Waals surface area contributed by atoms with Gasteiger partial charge in [-0.1, -0.05) is 48.5 Å². The van der Waals surface area contributed by atoms with Crippen molar-refractivity contribution in [2.45, 2.75) is 20.4 Å². The van der Waals surface area contributed by atoms with Crippen LogP contribution in [0.3, 0.4) is 0 Å². The van der Waals surface area contributed by atoms with Crippen molar-refractivity contribution < 1.29 is 23.9 Å². The number of amides is 2. The van der Waals surface area contributed by atoms with E-state index < -0.39 is 11.9 Å². The third-order valence-electron chi connectivity index (χ3n) is 4.49. The molecule has 0 aliphatic heterocycles. The molecule has 3 rings (SSSR count). The SMILES string of the molecule is CCOC(=O)c1c(NC(=O)COc2ccccc2)sc(C(=O)NCc2ccccc2)c1C. The molecule has 2 aromatic carbocycles. The molecular weight excluding hydrogens is 428 g/mol. The Labute approximate surface area is 190 Å². The van der Waals surface area contributed by atoms with Gasteiger partial charge in [0, 0.05) is 6.54 Å². The Hall–Kier alpha value is -3.65. The van der Waals surface area contributed by atoms with Gasteiger partial charge in [0.2, 0.25) is 0 Å². The van der Waals surface area contributed by atoms with E-state index in [1.54, 1.807) is 38.1 Å². The van der Waals surface area contributed by atoms with Crippen molar-refractivity contribution in [3.63, 3.8) is 0 Å². The summed E-state index contributed by atoms with van der Waals surface area (Å²) in [6, 6.07) is 18.4. The Bertz CT molecular complexity index is 1080. The quantitative estimate of drug-likeness (QED) is 0.475. The average Bonchev–Trinajstić information content (AvgIpc) is 3.13. The van der Waals surface area contributed by atoms with Gasteiger partial charge in [0.15, 0.2) is 6.61 Å². The summed E-state index contributed by atoms with van der Waals surface area (Å²) in [6.45, 7) is 3.64. The van der Waals surface area contributed by atoms with Gasteiger partial charge in [0.1, 0.15) is 10.8 Å². The molecule has 8 heteroatoms. The number of carbonyl (C=O) groups is 3. The number of hydrogen-bond donors (Lipinski definition) is 2. The summed E-state index contributed by atoms with van der Waals surface area (Å²) in [5.41, 5.74) is 1.58. The van der Waals surface area contributed by atoms with Crippen LogP contribution >= 0.6 is 11.3 Å². The van der Waals surface area contributed by atoms with Gasteiger partial charge in [-0.3, -0.25) is 9.59 Å². The summed E-state index contributed by atoms with van der Waals surface area (Å²) in [5.74, 6) is -0.820. The molecule has 0 fully saturated rings. The lowest BCUT2D eigenvalue weighted by Gasteiger charge is -2.08. The molecule has 2 amide bonds. The summed E-state index contributed by atoms with van der Waals surface area (Å²) < 4.78 is 10.6. The second kappa shape index (κ2) is 11.1.